The SMILES string of the molecule is COc1ccc(-c2cc3c(o2)CC(C(=O)O)N3)cc1. The van der Waals surface area contributed by atoms with Gasteiger partial charge in [0.05, 0.1) is 12.8 Å². The number of carboxylic acid groups (broad SMARTS) is 1. The number of anilines is 1. The number of methoxy groups -OCH3 is 1. The minimum absolute atomic E-state index is 0.376. The number of rotatable bonds is 3. The molecule has 2 heterocycles. The lowest BCUT2D eigenvalue weighted by molar-refractivity contribution is -0.137. The fourth-order valence-electron chi connectivity index (χ4n) is 2.17. The number of aliphatic carboxylic acids is 1. The number of furan rings is 1. The van der Waals surface area contributed by atoms with Crippen molar-refractivity contribution in [3.8, 4) is 17.1 Å². The first-order chi connectivity index (χ1) is 9.17. The van der Waals surface area contributed by atoms with E-state index in [9.17, 15) is 4.79 Å². The van der Waals surface area contributed by atoms with E-state index in [2.05, 4.69) is 5.32 Å². The molecule has 1 aromatic carbocycles. The number of carbonyl (C=O) groups is 1. The van der Waals surface area contributed by atoms with Crippen LogP contribution in [0.3, 0.4) is 0 Å². The Morgan fingerprint density at radius 3 is 2.74 bits per heavy atom. The molecule has 0 bridgehead atoms. The molecule has 0 saturated heterocycles. The topological polar surface area (TPSA) is 71.7 Å². The van der Waals surface area contributed by atoms with E-state index in [1.165, 1.54) is 0 Å². The number of hydrogen-bond acceptors (Lipinski definition) is 4. The molecule has 2 aromatic rings. The fourth-order valence-corrected chi connectivity index (χ4v) is 2.17. The van der Waals surface area contributed by atoms with E-state index in [-0.39, 0.29) is 0 Å². The van der Waals surface area contributed by atoms with E-state index >= 15 is 0 Å². The normalized spacial score (nSPS) is 16.8. The van der Waals surface area contributed by atoms with Crippen molar-refractivity contribution in [2.45, 2.75) is 12.5 Å². The number of hydrogen-bond donors (Lipinski definition) is 2. The summed E-state index contributed by atoms with van der Waals surface area (Å²) in [7, 11) is 1.62. The molecule has 1 unspecified atom stereocenters. The maximum absolute atomic E-state index is 10.9. The average Bonchev–Trinajstić information content (AvgIpc) is 2.97. The number of benzene rings is 1. The molecule has 98 valence electrons. The summed E-state index contributed by atoms with van der Waals surface area (Å²) in [4.78, 5) is 10.9. The van der Waals surface area contributed by atoms with E-state index in [0.717, 1.165) is 22.8 Å². The summed E-state index contributed by atoms with van der Waals surface area (Å²) < 4.78 is 10.8. The van der Waals surface area contributed by atoms with Crippen molar-refractivity contribution in [1.29, 1.82) is 0 Å². The van der Waals surface area contributed by atoms with E-state index in [1.807, 2.05) is 30.3 Å². The summed E-state index contributed by atoms with van der Waals surface area (Å²) in [6.07, 6.45) is 0.376. The summed E-state index contributed by atoms with van der Waals surface area (Å²) in [5.74, 6) is 1.34. The van der Waals surface area contributed by atoms with Crippen LogP contribution >= 0.6 is 0 Å². The lowest BCUT2D eigenvalue weighted by Crippen LogP contribution is -2.26. The second-order valence-electron chi connectivity index (χ2n) is 4.42. The number of carboxylic acids is 1. The van der Waals surface area contributed by atoms with Crippen LogP contribution in [0.2, 0.25) is 0 Å². The predicted molar refractivity (Wildman–Crippen MR) is 69.4 cm³/mol. The van der Waals surface area contributed by atoms with Crippen LogP contribution in [-0.4, -0.2) is 24.2 Å². The smallest absolute Gasteiger partial charge is 0.326 e. The lowest BCUT2D eigenvalue weighted by atomic mass is 10.1. The number of ether oxygens (including phenoxy) is 1. The van der Waals surface area contributed by atoms with E-state index < -0.39 is 12.0 Å². The summed E-state index contributed by atoms with van der Waals surface area (Å²) in [5.41, 5.74) is 1.70. The molecule has 2 N–H and O–H groups in total. The molecule has 5 nitrogen and oxygen atoms in total. The van der Waals surface area contributed by atoms with E-state index in [1.54, 1.807) is 7.11 Å². The maximum Gasteiger partial charge on any atom is 0.326 e. The van der Waals surface area contributed by atoms with Gasteiger partial charge >= 0.3 is 5.97 Å². The fraction of sp³-hybridized carbons (Fsp3) is 0.214. The molecule has 5 heteroatoms. The van der Waals surface area contributed by atoms with E-state index in [4.69, 9.17) is 14.3 Å². The van der Waals surface area contributed by atoms with Gasteiger partial charge < -0.3 is 19.6 Å². The van der Waals surface area contributed by atoms with Crippen molar-refractivity contribution >= 4 is 11.7 Å². The third-order valence-electron chi connectivity index (χ3n) is 3.20. The van der Waals surface area contributed by atoms with Gasteiger partial charge in [0.1, 0.15) is 23.3 Å². The first-order valence-corrected chi connectivity index (χ1v) is 5.94. The summed E-state index contributed by atoms with van der Waals surface area (Å²) >= 11 is 0. The zero-order valence-electron chi connectivity index (χ0n) is 10.3. The van der Waals surface area contributed by atoms with Crippen molar-refractivity contribution in [2.75, 3.05) is 12.4 Å². The second-order valence-corrected chi connectivity index (χ2v) is 4.42. The van der Waals surface area contributed by atoms with Crippen LogP contribution in [0.5, 0.6) is 5.75 Å². The monoisotopic (exact) mass is 259 g/mol. The molecule has 3 rings (SSSR count). The molecular weight excluding hydrogens is 246 g/mol. The molecule has 0 amide bonds. The average molecular weight is 259 g/mol. The Hall–Kier alpha value is -2.43. The molecule has 19 heavy (non-hydrogen) atoms. The van der Waals surface area contributed by atoms with Crippen molar-refractivity contribution in [3.63, 3.8) is 0 Å². The van der Waals surface area contributed by atoms with Gasteiger partial charge in [0.15, 0.2) is 0 Å². The molecular formula is C14H13NO4. The minimum Gasteiger partial charge on any atom is -0.497 e. The quantitative estimate of drug-likeness (QED) is 0.885. The van der Waals surface area contributed by atoms with Gasteiger partial charge in [-0.15, -0.1) is 0 Å². The van der Waals surface area contributed by atoms with Crippen molar-refractivity contribution < 1.29 is 19.1 Å². The van der Waals surface area contributed by atoms with Gasteiger partial charge in [-0.05, 0) is 24.3 Å². The summed E-state index contributed by atoms with van der Waals surface area (Å²) in [6, 6.07) is 8.77. The largest absolute Gasteiger partial charge is 0.497 e. The molecule has 0 fully saturated rings. The third-order valence-corrected chi connectivity index (χ3v) is 3.20. The molecule has 0 saturated carbocycles. The van der Waals surface area contributed by atoms with Gasteiger partial charge in [-0.3, -0.25) is 0 Å². The van der Waals surface area contributed by atoms with Crippen LogP contribution in [-0.2, 0) is 11.2 Å². The Morgan fingerprint density at radius 1 is 1.42 bits per heavy atom. The van der Waals surface area contributed by atoms with Crippen molar-refractivity contribution in [2.24, 2.45) is 0 Å². The Morgan fingerprint density at radius 2 is 2.16 bits per heavy atom. The zero-order valence-corrected chi connectivity index (χ0v) is 10.3. The first kappa shape index (κ1) is 11.6. The van der Waals surface area contributed by atoms with Crippen molar-refractivity contribution in [3.05, 3.63) is 36.1 Å². The number of nitrogens with one attached hydrogen (secondary N) is 1. The third kappa shape index (κ3) is 2.03. The Kier molecular flexibility index (Phi) is 2.67. The highest BCUT2D eigenvalue weighted by Gasteiger charge is 2.30. The first-order valence-electron chi connectivity index (χ1n) is 5.94. The zero-order chi connectivity index (χ0) is 13.4. The van der Waals surface area contributed by atoms with Crippen LogP contribution in [0.25, 0.3) is 11.3 Å². The Balaban J connectivity index is 1.85. The summed E-state index contributed by atoms with van der Waals surface area (Å²) in [5, 5.41) is 11.9. The van der Waals surface area contributed by atoms with Gasteiger partial charge in [0.25, 0.3) is 0 Å². The standard InChI is InChI=1S/C14H13NO4/c1-18-9-4-2-8(3-5-9)12-6-10-13(19-12)7-11(15-10)14(16)17/h2-6,11,15H,7H2,1H3,(H,16,17). The maximum atomic E-state index is 10.9. The predicted octanol–water partition coefficient (Wildman–Crippen LogP) is 2.38. The Labute approximate surface area is 109 Å². The Bertz CT molecular complexity index is 591. The molecule has 0 spiro atoms. The van der Waals surface area contributed by atoms with Gasteiger partial charge in [-0.1, -0.05) is 0 Å². The molecule has 1 aromatic heterocycles. The van der Waals surface area contributed by atoms with Crippen LogP contribution in [0, 0.1) is 0 Å². The van der Waals surface area contributed by atoms with Gasteiger partial charge in [-0.2, -0.15) is 0 Å². The minimum atomic E-state index is -0.864. The van der Waals surface area contributed by atoms with E-state index in [0.29, 0.717) is 12.2 Å². The van der Waals surface area contributed by atoms with Crippen LogP contribution in [0.15, 0.2) is 34.7 Å². The van der Waals surface area contributed by atoms with Gasteiger partial charge in [-0.25, -0.2) is 4.79 Å². The molecule has 1 aliphatic rings. The summed E-state index contributed by atoms with van der Waals surface area (Å²) in [6.45, 7) is 0. The van der Waals surface area contributed by atoms with Gasteiger partial charge in [0.2, 0.25) is 0 Å². The van der Waals surface area contributed by atoms with Gasteiger partial charge in [0, 0.05) is 18.1 Å². The molecule has 0 aliphatic carbocycles. The lowest BCUT2D eigenvalue weighted by Gasteiger charge is -2.04. The highest BCUT2D eigenvalue weighted by atomic mass is 16.5. The van der Waals surface area contributed by atoms with Crippen LogP contribution in [0.1, 0.15) is 5.76 Å². The number of fused-ring (bicyclic) bond motifs is 1. The van der Waals surface area contributed by atoms with Crippen LogP contribution < -0.4 is 10.1 Å². The second kappa shape index (κ2) is 4.35. The molecule has 1 atom stereocenters. The highest BCUT2D eigenvalue weighted by molar-refractivity contribution is 5.81. The highest BCUT2D eigenvalue weighted by Crippen LogP contribution is 2.34. The molecule has 1 aliphatic heterocycles. The van der Waals surface area contributed by atoms with Crippen molar-refractivity contribution in [1.82, 2.24) is 0 Å². The van der Waals surface area contributed by atoms with Crippen LogP contribution in [0.4, 0.5) is 5.69 Å². The molecule has 0 radical (unpaired) electrons.